The molecule has 1 saturated heterocycles. The molecule has 3 aromatic rings. The first-order chi connectivity index (χ1) is 15.8. The third kappa shape index (κ3) is 4.77. The van der Waals surface area contributed by atoms with E-state index in [0.717, 1.165) is 6.07 Å². The molecule has 1 aromatic carbocycles. The fraction of sp³-hybridized carbons (Fsp3) is 0.261. The standard InChI is InChI=1S/C23H22F2N3O4P/c1-11-22(30)17(29)9-18(32-11)12-7-8-26-10-16(12)28-23(31)15-6-5-14(25)21(27-15)20-13(24)3-2-4-19(20)33/h2-8,10-11,17-18,22,29-30H,9,33H2,1H3,(H,28,31). The van der Waals surface area contributed by atoms with E-state index in [2.05, 4.69) is 24.5 Å². The molecule has 1 fully saturated rings. The lowest BCUT2D eigenvalue weighted by molar-refractivity contribution is -0.163. The van der Waals surface area contributed by atoms with Crippen molar-refractivity contribution in [3.05, 3.63) is 71.7 Å². The maximum absolute atomic E-state index is 14.5. The van der Waals surface area contributed by atoms with Crippen LogP contribution in [0.4, 0.5) is 14.5 Å². The van der Waals surface area contributed by atoms with Crippen molar-refractivity contribution >= 4 is 26.1 Å². The van der Waals surface area contributed by atoms with Crippen LogP contribution in [0.3, 0.4) is 0 Å². The molecular formula is C23H22F2N3O4P. The molecule has 3 N–H and O–H groups in total. The van der Waals surface area contributed by atoms with Crippen LogP contribution in [0.5, 0.6) is 0 Å². The third-order valence-electron chi connectivity index (χ3n) is 5.52. The lowest BCUT2D eigenvalue weighted by Crippen LogP contribution is -2.44. The second-order valence-corrected chi connectivity index (χ2v) is 8.39. The number of pyridine rings is 2. The molecule has 33 heavy (non-hydrogen) atoms. The van der Waals surface area contributed by atoms with E-state index in [0.29, 0.717) is 16.6 Å². The molecule has 5 unspecified atom stereocenters. The lowest BCUT2D eigenvalue weighted by Gasteiger charge is -2.36. The maximum atomic E-state index is 14.5. The van der Waals surface area contributed by atoms with Crippen LogP contribution in [0.2, 0.25) is 0 Å². The molecule has 1 amide bonds. The Kier molecular flexibility index (Phi) is 6.76. The third-order valence-corrected chi connectivity index (χ3v) is 6.00. The zero-order chi connectivity index (χ0) is 23.7. The van der Waals surface area contributed by atoms with Crippen LogP contribution in [-0.4, -0.2) is 44.4 Å². The highest BCUT2D eigenvalue weighted by Gasteiger charge is 2.35. The van der Waals surface area contributed by atoms with Gasteiger partial charge in [-0.25, -0.2) is 13.8 Å². The molecular weight excluding hydrogens is 451 g/mol. The van der Waals surface area contributed by atoms with Gasteiger partial charge >= 0.3 is 0 Å². The van der Waals surface area contributed by atoms with Crippen LogP contribution >= 0.6 is 9.24 Å². The number of halogens is 2. The molecule has 0 radical (unpaired) electrons. The van der Waals surface area contributed by atoms with E-state index in [1.165, 1.54) is 30.6 Å². The molecule has 4 rings (SSSR count). The van der Waals surface area contributed by atoms with Crippen LogP contribution in [0.25, 0.3) is 11.3 Å². The molecule has 0 bridgehead atoms. The van der Waals surface area contributed by atoms with Gasteiger partial charge in [-0.3, -0.25) is 9.78 Å². The Hall–Kier alpha value is -2.84. The summed E-state index contributed by atoms with van der Waals surface area (Å²) in [6.07, 6.45) is -0.141. The molecule has 0 saturated carbocycles. The molecule has 3 heterocycles. The second kappa shape index (κ2) is 9.57. The van der Waals surface area contributed by atoms with Gasteiger partial charge in [0, 0.05) is 23.7 Å². The number of aliphatic hydroxyl groups is 2. The van der Waals surface area contributed by atoms with E-state index in [-0.39, 0.29) is 23.4 Å². The van der Waals surface area contributed by atoms with Crippen molar-refractivity contribution in [2.24, 2.45) is 0 Å². The molecule has 7 nitrogen and oxygen atoms in total. The van der Waals surface area contributed by atoms with E-state index in [1.807, 2.05) is 0 Å². The average Bonchev–Trinajstić information content (AvgIpc) is 2.78. The summed E-state index contributed by atoms with van der Waals surface area (Å²) in [5, 5.41) is 23.1. The Morgan fingerprint density at radius 1 is 1.18 bits per heavy atom. The molecule has 0 spiro atoms. The Morgan fingerprint density at radius 3 is 2.70 bits per heavy atom. The van der Waals surface area contributed by atoms with Gasteiger partial charge in [-0.05, 0) is 36.5 Å². The zero-order valence-electron chi connectivity index (χ0n) is 17.6. The minimum absolute atomic E-state index is 0.0474. The smallest absolute Gasteiger partial charge is 0.274 e. The Labute approximate surface area is 191 Å². The number of aromatic nitrogens is 2. The summed E-state index contributed by atoms with van der Waals surface area (Å²) in [5.41, 5.74) is 0.420. The van der Waals surface area contributed by atoms with Crippen LogP contribution in [0, 0.1) is 11.6 Å². The van der Waals surface area contributed by atoms with Gasteiger partial charge in [-0.15, -0.1) is 9.24 Å². The molecule has 1 aliphatic rings. The minimum Gasteiger partial charge on any atom is -0.390 e. The first kappa shape index (κ1) is 23.3. The molecule has 1 aliphatic heterocycles. The molecule has 5 atom stereocenters. The number of carbonyl (C=O) groups excluding carboxylic acids is 1. The minimum atomic E-state index is -1.01. The molecule has 10 heteroatoms. The largest absolute Gasteiger partial charge is 0.390 e. The summed E-state index contributed by atoms with van der Waals surface area (Å²) >= 11 is 0. The maximum Gasteiger partial charge on any atom is 0.274 e. The van der Waals surface area contributed by atoms with Gasteiger partial charge in [0.2, 0.25) is 0 Å². The van der Waals surface area contributed by atoms with Crippen molar-refractivity contribution in [1.29, 1.82) is 0 Å². The second-order valence-electron chi connectivity index (χ2n) is 7.77. The number of ether oxygens (including phenoxy) is 1. The van der Waals surface area contributed by atoms with Crippen molar-refractivity contribution in [2.75, 3.05) is 5.32 Å². The number of amides is 1. The first-order valence-electron chi connectivity index (χ1n) is 10.2. The van der Waals surface area contributed by atoms with Gasteiger partial charge in [-0.1, -0.05) is 12.1 Å². The average molecular weight is 473 g/mol. The number of hydrogen-bond donors (Lipinski definition) is 3. The number of carbonyl (C=O) groups is 1. The summed E-state index contributed by atoms with van der Waals surface area (Å²) in [6.45, 7) is 1.65. The quantitative estimate of drug-likeness (QED) is 0.504. The molecule has 0 aliphatic carbocycles. The first-order valence-corrected chi connectivity index (χ1v) is 10.8. The van der Waals surface area contributed by atoms with E-state index >= 15 is 0 Å². The van der Waals surface area contributed by atoms with E-state index in [9.17, 15) is 23.8 Å². The highest BCUT2D eigenvalue weighted by Crippen LogP contribution is 2.35. The van der Waals surface area contributed by atoms with Gasteiger partial charge in [0.25, 0.3) is 5.91 Å². The summed E-state index contributed by atoms with van der Waals surface area (Å²) in [7, 11) is 2.32. The van der Waals surface area contributed by atoms with Crippen LogP contribution < -0.4 is 10.6 Å². The highest BCUT2D eigenvalue weighted by molar-refractivity contribution is 7.28. The molecule has 2 aromatic heterocycles. The number of nitrogens with zero attached hydrogens (tertiary/aromatic N) is 2. The van der Waals surface area contributed by atoms with Crippen molar-refractivity contribution in [1.82, 2.24) is 9.97 Å². The molecule has 172 valence electrons. The van der Waals surface area contributed by atoms with Gasteiger partial charge in [0.05, 0.1) is 30.2 Å². The summed E-state index contributed by atoms with van der Waals surface area (Å²) in [4.78, 5) is 21.0. The number of nitrogens with one attached hydrogen (secondary N) is 1. The fourth-order valence-electron chi connectivity index (χ4n) is 3.78. The Bertz CT molecular complexity index is 1160. The van der Waals surface area contributed by atoms with E-state index in [1.54, 1.807) is 19.1 Å². The number of anilines is 1. The summed E-state index contributed by atoms with van der Waals surface area (Å²) in [5.74, 6) is -2.08. The van der Waals surface area contributed by atoms with Gasteiger partial charge in [0.1, 0.15) is 29.1 Å². The van der Waals surface area contributed by atoms with Crippen molar-refractivity contribution in [3.63, 3.8) is 0 Å². The van der Waals surface area contributed by atoms with Gasteiger partial charge in [-0.2, -0.15) is 0 Å². The number of aliphatic hydroxyl groups excluding tert-OH is 2. The van der Waals surface area contributed by atoms with Gasteiger partial charge in [0.15, 0.2) is 0 Å². The van der Waals surface area contributed by atoms with E-state index < -0.39 is 42.0 Å². The van der Waals surface area contributed by atoms with Crippen LogP contribution in [0.1, 0.15) is 35.5 Å². The highest BCUT2D eigenvalue weighted by atomic mass is 31.0. The van der Waals surface area contributed by atoms with Crippen molar-refractivity contribution in [3.8, 4) is 11.3 Å². The number of hydrogen-bond acceptors (Lipinski definition) is 6. The predicted octanol–water partition coefficient (Wildman–Crippen LogP) is 2.75. The van der Waals surface area contributed by atoms with Crippen LogP contribution in [0.15, 0.2) is 48.8 Å². The fourth-order valence-corrected chi connectivity index (χ4v) is 4.16. The van der Waals surface area contributed by atoms with E-state index in [4.69, 9.17) is 4.74 Å². The normalized spacial score (nSPS) is 22.7. The van der Waals surface area contributed by atoms with Gasteiger partial charge < -0.3 is 20.3 Å². The monoisotopic (exact) mass is 473 g/mol. The Morgan fingerprint density at radius 2 is 1.97 bits per heavy atom. The van der Waals surface area contributed by atoms with Crippen molar-refractivity contribution < 1.29 is 28.5 Å². The number of benzene rings is 1. The SMILES string of the molecule is CC1OC(c2ccncc2NC(=O)c2ccc(F)c(-c3c(F)cccc3P)n2)CC(O)C1O. The van der Waals surface area contributed by atoms with Crippen LogP contribution in [-0.2, 0) is 4.74 Å². The lowest BCUT2D eigenvalue weighted by atomic mass is 9.94. The summed E-state index contributed by atoms with van der Waals surface area (Å²) in [6, 6.07) is 8.17. The van der Waals surface area contributed by atoms with Crippen molar-refractivity contribution in [2.45, 2.75) is 37.8 Å². The predicted molar refractivity (Wildman–Crippen MR) is 121 cm³/mol. The summed E-state index contributed by atoms with van der Waals surface area (Å²) < 4.78 is 34.6. The topological polar surface area (TPSA) is 105 Å². The number of rotatable bonds is 4. The Balaban J connectivity index is 1.63. The zero-order valence-corrected chi connectivity index (χ0v) is 18.7.